The topological polar surface area (TPSA) is 37.4 Å². The van der Waals surface area contributed by atoms with E-state index >= 15 is 0 Å². The van der Waals surface area contributed by atoms with Gasteiger partial charge in [-0.3, -0.25) is 14.5 Å². The highest BCUT2D eigenvalue weighted by atomic mass is 79.9. The van der Waals surface area contributed by atoms with Crippen LogP contribution in [0.4, 0.5) is 5.69 Å². The third kappa shape index (κ3) is 2.37. The molecule has 0 saturated heterocycles. The third-order valence-electron chi connectivity index (χ3n) is 3.30. The third-order valence-corrected chi connectivity index (χ3v) is 4.69. The van der Waals surface area contributed by atoms with E-state index in [1.54, 1.807) is 6.07 Å². The molecule has 6 heteroatoms. The maximum Gasteiger partial charge on any atom is 0.299 e. The van der Waals surface area contributed by atoms with Crippen LogP contribution >= 0.6 is 39.1 Å². The summed E-state index contributed by atoms with van der Waals surface area (Å²) in [6, 6.07) is 10.6. The molecule has 106 valence electrons. The van der Waals surface area contributed by atoms with E-state index < -0.39 is 11.7 Å². The fraction of sp³-hybridized carbons (Fsp3) is 0.0667. The second-order valence-corrected chi connectivity index (χ2v) is 6.23. The molecule has 0 aliphatic carbocycles. The van der Waals surface area contributed by atoms with E-state index in [-0.39, 0.29) is 17.1 Å². The highest BCUT2D eigenvalue weighted by Crippen LogP contribution is 2.41. The van der Waals surface area contributed by atoms with Crippen molar-refractivity contribution < 1.29 is 9.59 Å². The van der Waals surface area contributed by atoms with E-state index in [9.17, 15) is 9.59 Å². The molecule has 3 nitrogen and oxygen atoms in total. The van der Waals surface area contributed by atoms with Crippen molar-refractivity contribution in [3.05, 3.63) is 62.0 Å². The zero-order valence-corrected chi connectivity index (χ0v) is 13.7. The van der Waals surface area contributed by atoms with Gasteiger partial charge in [0.15, 0.2) is 0 Å². The van der Waals surface area contributed by atoms with Crippen molar-refractivity contribution in [2.45, 2.75) is 6.54 Å². The Balaban J connectivity index is 2.10. The van der Waals surface area contributed by atoms with E-state index in [2.05, 4.69) is 15.9 Å². The first-order chi connectivity index (χ1) is 10.0. The number of halogens is 3. The monoisotopic (exact) mass is 383 g/mol. The number of benzene rings is 2. The second kappa shape index (κ2) is 5.44. The lowest BCUT2D eigenvalue weighted by Gasteiger charge is -2.18. The zero-order valence-electron chi connectivity index (χ0n) is 10.6. The fourth-order valence-electron chi connectivity index (χ4n) is 2.30. The Morgan fingerprint density at radius 1 is 1.00 bits per heavy atom. The SMILES string of the molecule is O=C1C(=O)N(Cc2ccccc2Br)c2c(Cl)ccc(Cl)c21. The molecule has 0 N–H and O–H groups in total. The van der Waals surface area contributed by atoms with Gasteiger partial charge in [-0.1, -0.05) is 57.3 Å². The van der Waals surface area contributed by atoms with Crippen molar-refractivity contribution in [1.82, 2.24) is 0 Å². The summed E-state index contributed by atoms with van der Waals surface area (Å²) < 4.78 is 0.858. The van der Waals surface area contributed by atoms with Gasteiger partial charge >= 0.3 is 0 Å². The van der Waals surface area contributed by atoms with Crippen LogP contribution in [0.15, 0.2) is 40.9 Å². The maximum atomic E-state index is 12.2. The van der Waals surface area contributed by atoms with E-state index in [1.165, 1.54) is 11.0 Å². The van der Waals surface area contributed by atoms with Gasteiger partial charge in [0.2, 0.25) is 0 Å². The molecule has 1 amide bonds. The number of hydrogen-bond donors (Lipinski definition) is 0. The number of Topliss-reactive ketones (excluding diaryl/α,β-unsaturated/α-hetero) is 1. The first kappa shape index (κ1) is 14.6. The smallest absolute Gasteiger partial charge is 0.299 e. The van der Waals surface area contributed by atoms with Crippen molar-refractivity contribution in [3.8, 4) is 0 Å². The second-order valence-electron chi connectivity index (χ2n) is 4.56. The predicted octanol–water partition coefficient (Wildman–Crippen LogP) is 4.49. The average molecular weight is 385 g/mol. The lowest BCUT2D eigenvalue weighted by Crippen LogP contribution is -2.29. The van der Waals surface area contributed by atoms with Gasteiger partial charge in [-0.15, -0.1) is 0 Å². The molecule has 1 heterocycles. The quantitative estimate of drug-likeness (QED) is 0.715. The first-order valence-electron chi connectivity index (χ1n) is 6.08. The lowest BCUT2D eigenvalue weighted by molar-refractivity contribution is -0.114. The van der Waals surface area contributed by atoms with Crippen molar-refractivity contribution >= 4 is 56.5 Å². The maximum absolute atomic E-state index is 12.2. The number of fused-ring (bicyclic) bond motifs is 1. The van der Waals surface area contributed by atoms with E-state index in [4.69, 9.17) is 23.2 Å². The van der Waals surface area contributed by atoms with Crippen LogP contribution in [-0.4, -0.2) is 11.7 Å². The molecular weight excluding hydrogens is 377 g/mol. The minimum atomic E-state index is -0.621. The van der Waals surface area contributed by atoms with Gasteiger partial charge in [0.05, 0.1) is 27.8 Å². The molecule has 2 aromatic rings. The number of anilines is 1. The summed E-state index contributed by atoms with van der Waals surface area (Å²) in [5.74, 6) is -1.24. The van der Waals surface area contributed by atoms with Gasteiger partial charge < -0.3 is 0 Å². The summed E-state index contributed by atoms with van der Waals surface area (Å²) in [7, 11) is 0. The van der Waals surface area contributed by atoms with Crippen molar-refractivity contribution in [2.24, 2.45) is 0 Å². The van der Waals surface area contributed by atoms with Crippen LogP contribution in [0.2, 0.25) is 10.0 Å². The standard InChI is InChI=1S/C15H8BrCl2NO2/c16-9-4-2-1-3-8(9)7-19-13-11(18)6-5-10(17)12(13)14(20)15(19)21/h1-6H,7H2. The van der Waals surface area contributed by atoms with E-state index in [0.717, 1.165) is 10.0 Å². The number of rotatable bonds is 2. The van der Waals surface area contributed by atoms with Crippen molar-refractivity contribution in [1.29, 1.82) is 0 Å². The largest absolute Gasteiger partial charge is 0.299 e. The summed E-state index contributed by atoms with van der Waals surface area (Å²) in [5, 5.41) is 0.572. The molecule has 0 saturated carbocycles. The molecule has 21 heavy (non-hydrogen) atoms. The number of carbonyl (C=O) groups is 2. The molecule has 2 aromatic carbocycles. The highest BCUT2D eigenvalue weighted by Gasteiger charge is 2.39. The summed E-state index contributed by atoms with van der Waals surface area (Å²) in [6.45, 7) is 0.249. The van der Waals surface area contributed by atoms with Gasteiger partial charge in [-0.25, -0.2) is 0 Å². The van der Waals surface area contributed by atoms with Crippen LogP contribution < -0.4 is 4.90 Å². The summed E-state index contributed by atoms with van der Waals surface area (Å²) in [6.07, 6.45) is 0. The molecule has 0 unspecified atom stereocenters. The Morgan fingerprint density at radius 2 is 1.67 bits per heavy atom. The predicted molar refractivity (Wildman–Crippen MR) is 86.1 cm³/mol. The Labute approximate surface area is 139 Å². The van der Waals surface area contributed by atoms with Crippen LogP contribution in [0.5, 0.6) is 0 Å². The number of ketones is 1. The first-order valence-corrected chi connectivity index (χ1v) is 7.63. The molecule has 0 radical (unpaired) electrons. The number of nitrogens with zero attached hydrogens (tertiary/aromatic N) is 1. The van der Waals surface area contributed by atoms with Gasteiger partial charge in [0.1, 0.15) is 0 Å². The average Bonchev–Trinajstić information content (AvgIpc) is 2.71. The Bertz CT molecular complexity index is 776. The summed E-state index contributed by atoms with van der Waals surface area (Å²) in [4.78, 5) is 25.7. The van der Waals surface area contributed by atoms with E-state index in [0.29, 0.717) is 10.7 Å². The van der Waals surface area contributed by atoms with Crippen molar-refractivity contribution in [3.63, 3.8) is 0 Å². The molecule has 0 fully saturated rings. The lowest BCUT2D eigenvalue weighted by atomic mass is 10.1. The van der Waals surface area contributed by atoms with E-state index in [1.807, 2.05) is 24.3 Å². The van der Waals surface area contributed by atoms with Crippen LogP contribution in [0.3, 0.4) is 0 Å². The van der Waals surface area contributed by atoms with Crippen LogP contribution in [-0.2, 0) is 11.3 Å². The summed E-state index contributed by atoms with van der Waals surface area (Å²) in [5.41, 5.74) is 1.44. The minimum absolute atomic E-state index is 0.182. The normalized spacial score (nSPS) is 13.8. The zero-order chi connectivity index (χ0) is 15.1. The molecule has 0 atom stereocenters. The van der Waals surface area contributed by atoms with Crippen LogP contribution in [0.25, 0.3) is 0 Å². The molecule has 0 bridgehead atoms. The molecule has 1 aliphatic heterocycles. The molecule has 0 aromatic heterocycles. The Morgan fingerprint density at radius 3 is 2.38 bits per heavy atom. The van der Waals surface area contributed by atoms with Crippen LogP contribution in [0, 0.1) is 0 Å². The molecular formula is C15H8BrCl2NO2. The molecule has 3 rings (SSSR count). The van der Waals surface area contributed by atoms with Gasteiger partial charge in [-0.2, -0.15) is 0 Å². The molecule has 1 aliphatic rings. The Kier molecular flexibility index (Phi) is 3.78. The highest BCUT2D eigenvalue weighted by molar-refractivity contribution is 9.10. The van der Waals surface area contributed by atoms with Crippen LogP contribution in [0.1, 0.15) is 15.9 Å². The Hall–Kier alpha value is -1.36. The summed E-state index contributed by atoms with van der Waals surface area (Å²) >= 11 is 15.6. The number of carbonyl (C=O) groups excluding carboxylic acids is 2. The number of hydrogen-bond acceptors (Lipinski definition) is 2. The fourth-order valence-corrected chi connectivity index (χ4v) is 3.21. The van der Waals surface area contributed by atoms with Gasteiger partial charge in [0.25, 0.3) is 11.7 Å². The number of amides is 1. The minimum Gasteiger partial charge on any atom is -0.299 e. The van der Waals surface area contributed by atoms with Gasteiger partial charge in [0, 0.05) is 4.47 Å². The van der Waals surface area contributed by atoms with Gasteiger partial charge in [-0.05, 0) is 23.8 Å². The molecule has 0 spiro atoms. The van der Waals surface area contributed by atoms with Crippen molar-refractivity contribution in [2.75, 3.05) is 4.90 Å².